The van der Waals surface area contributed by atoms with E-state index in [1.807, 2.05) is 30.3 Å². The van der Waals surface area contributed by atoms with Crippen molar-refractivity contribution in [2.24, 2.45) is 5.11 Å². The second-order valence-corrected chi connectivity index (χ2v) is 9.09. The third-order valence-electron chi connectivity index (χ3n) is 6.05. The van der Waals surface area contributed by atoms with Crippen LogP contribution >= 0.6 is 0 Å². The standard InChI is InChI=1S/C28H36N6O7/c29-23-5-3-21-18-22-4-6-24(32-33-30)20-26(22)34(25(21)19-23)9-1-2-27(35)31-8-11-39-13-15-41-17-16-40-14-12-38-10-7-28(36)37/h3-6,18-20,29H,1-2,7-17H2,(H2,31,35,36,37)/p+1. The van der Waals surface area contributed by atoms with E-state index in [1.165, 1.54) is 0 Å². The second-order valence-electron chi connectivity index (χ2n) is 9.09. The molecule has 3 rings (SSSR count). The van der Waals surface area contributed by atoms with Crippen LogP contribution < -0.4 is 15.6 Å². The van der Waals surface area contributed by atoms with Crippen LogP contribution in [0.5, 0.6) is 0 Å². The van der Waals surface area contributed by atoms with E-state index in [0.29, 0.717) is 83.6 Å². The molecule has 0 unspecified atom stereocenters. The molecule has 0 aliphatic heterocycles. The number of hydrogen-bond donors (Lipinski definition) is 3. The van der Waals surface area contributed by atoms with Gasteiger partial charge in [0.05, 0.1) is 59.3 Å². The largest absolute Gasteiger partial charge is 0.481 e. The molecule has 1 amide bonds. The Morgan fingerprint density at radius 3 is 2.12 bits per heavy atom. The first kappa shape index (κ1) is 31.5. The number of rotatable bonds is 20. The topological polar surface area (TPSA) is 182 Å². The summed E-state index contributed by atoms with van der Waals surface area (Å²) in [6.07, 6.45) is 0.933. The molecular formula is C28H37N6O7+. The van der Waals surface area contributed by atoms with Gasteiger partial charge >= 0.3 is 5.97 Å². The molecule has 220 valence electrons. The van der Waals surface area contributed by atoms with Gasteiger partial charge in [-0.25, -0.2) is 0 Å². The van der Waals surface area contributed by atoms with Crippen LogP contribution in [0.25, 0.3) is 32.2 Å². The molecule has 2 aromatic carbocycles. The monoisotopic (exact) mass is 569 g/mol. The van der Waals surface area contributed by atoms with Gasteiger partial charge in [-0.05, 0) is 29.8 Å². The maximum Gasteiger partial charge on any atom is 0.305 e. The molecule has 0 radical (unpaired) electrons. The molecule has 0 aliphatic rings. The third-order valence-corrected chi connectivity index (χ3v) is 6.05. The number of anilines is 1. The van der Waals surface area contributed by atoms with Gasteiger partial charge in [-0.1, -0.05) is 11.2 Å². The number of hydrogen-bond acceptors (Lipinski definition) is 8. The number of carboxylic acids is 1. The van der Waals surface area contributed by atoms with Gasteiger partial charge in [0.15, 0.2) is 0 Å². The number of nitrogens with two attached hydrogens (primary N) is 1. The van der Waals surface area contributed by atoms with Crippen molar-refractivity contribution >= 4 is 45.1 Å². The predicted octanol–water partition coefficient (Wildman–Crippen LogP) is 3.24. The number of carbonyl (C=O) groups is 2. The molecule has 0 saturated carbocycles. The number of ether oxygens (including phenoxy) is 4. The number of carbonyl (C=O) groups excluding carboxylic acids is 1. The molecule has 0 fully saturated rings. The molecule has 1 heterocycles. The average Bonchev–Trinajstić information content (AvgIpc) is 2.95. The molecule has 3 aromatic rings. The average molecular weight is 570 g/mol. The lowest BCUT2D eigenvalue weighted by Crippen LogP contribution is -2.36. The Bertz CT molecular complexity index is 1350. The van der Waals surface area contributed by atoms with Crippen LogP contribution in [0, 0.1) is 0 Å². The number of azide groups is 1. The Labute approximate surface area is 237 Å². The summed E-state index contributed by atoms with van der Waals surface area (Å²) in [4.78, 5) is 25.6. The van der Waals surface area contributed by atoms with Gasteiger partial charge in [0, 0.05) is 58.6 Å². The van der Waals surface area contributed by atoms with Crippen LogP contribution in [0.2, 0.25) is 0 Å². The van der Waals surface area contributed by atoms with E-state index < -0.39 is 5.97 Å². The smallest absolute Gasteiger partial charge is 0.305 e. The third kappa shape index (κ3) is 11.2. The van der Waals surface area contributed by atoms with Crippen LogP contribution in [-0.4, -0.2) is 76.4 Å². The number of pyridine rings is 1. The molecule has 1 aromatic heterocycles. The minimum Gasteiger partial charge on any atom is -0.481 e. The Morgan fingerprint density at radius 2 is 1.46 bits per heavy atom. The summed E-state index contributed by atoms with van der Waals surface area (Å²) in [5, 5.41) is 17.1. The van der Waals surface area contributed by atoms with Crippen molar-refractivity contribution in [1.82, 2.24) is 5.32 Å². The maximum atomic E-state index is 12.4. The van der Waals surface area contributed by atoms with Gasteiger partial charge in [-0.2, -0.15) is 4.57 Å². The van der Waals surface area contributed by atoms with E-state index in [-0.39, 0.29) is 18.9 Å². The Hall–Kier alpha value is -4.00. The number of amides is 1. The number of nitrogens with zero attached hydrogens (tertiary/aromatic N) is 4. The zero-order valence-electron chi connectivity index (χ0n) is 23.0. The van der Waals surface area contributed by atoms with Crippen LogP contribution in [0.3, 0.4) is 0 Å². The number of benzene rings is 2. The highest BCUT2D eigenvalue weighted by atomic mass is 16.6. The van der Waals surface area contributed by atoms with Gasteiger partial charge in [-0.15, -0.1) is 0 Å². The molecule has 0 aliphatic carbocycles. The molecule has 0 spiro atoms. The molecular weight excluding hydrogens is 532 g/mol. The van der Waals surface area contributed by atoms with Crippen molar-refractivity contribution in [2.45, 2.75) is 25.8 Å². The molecule has 13 nitrogen and oxygen atoms in total. The van der Waals surface area contributed by atoms with Crippen molar-refractivity contribution in [2.75, 3.05) is 65.1 Å². The number of nitrogens with one attached hydrogen (secondary N) is 1. The summed E-state index contributed by atoms with van der Waals surface area (Å²) >= 11 is 0. The minimum absolute atomic E-state index is 0.0192. The first-order chi connectivity index (χ1) is 20.0. The lowest BCUT2D eigenvalue weighted by molar-refractivity contribution is -0.645. The van der Waals surface area contributed by atoms with Gasteiger partial charge in [0.1, 0.15) is 6.54 Å². The van der Waals surface area contributed by atoms with E-state index in [9.17, 15) is 9.59 Å². The highest BCUT2D eigenvalue weighted by Gasteiger charge is 2.17. The number of fused-ring (bicyclic) bond motifs is 2. The SMILES string of the molecule is [N-]=[N+]=Nc1ccc2cc3ccc(N)cc3[n+](CCCC(=O)NCCOCCOCCOCCOCCC(=O)O)c2c1. The van der Waals surface area contributed by atoms with E-state index in [0.717, 1.165) is 21.8 Å². The highest BCUT2D eigenvalue weighted by molar-refractivity contribution is 5.91. The molecule has 0 bridgehead atoms. The van der Waals surface area contributed by atoms with Crippen LogP contribution in [-0.2, 0) is 35.1 Å². The molecule has 4 N–H and O–H groups in total. The lowest BCUT2D eigenvalue weighted by Gasteiger charge is -2.09. The van der Waals surface area contributed by atoms with Crippen molar-refractivity contribution < 1.29 is 38.2 Å². The fourth-order valence-corrected chi connectivity index (χ4v) is 4.13. The Kier molecular flexibility index (Phi) is 13.6. The van der Waals surface area contributed by atoms with E-state index in [1.54, 1.807) is 6.07 Å². The number of aliphatic carboxylic acids is 1. The molecule has 41 heavy (non-hydrogen) atoms. The number of carboxylic acid groups (broad SMARTS) is 1. The molecule has 13 heteroatoms. The summed E-state index contributed by atoms with van der Waals surface area (Å²) in [7, 11) is 0. The van der Waals surface area contributed by atoms with Crippen LogP contribution in [0.4, 0.5) is 11.4 Å². The van der Waals surface area contributed by atoms with Crippen molar-refractivity contribution in [3.8, 4) is 0 Å². The minimum atomic E-state index is -0.888. The van der Waals surface area contributed by atoms with Gasteiger partial charge < -0.3 is 35.1 Å². The summed E-state index contributed by atoms with van der Waals surface area (Å²) in [5.74, 6) is -0.950. The first-order valence-electron chi connectivity index (χ1n) is 13.5. The molecule has 0 atom stereocenters. The fraction of sp³-hybridized carbons (Fsp3) is 0.464. The predicted molar refractivity (Wildman–Crippen MR) is 153 cm³/mol. The van der Waals surface area contributed by atoms with Gasteiger partial charge in [-0.3, -0.25) is 9.59 Å². The van der Waals surface area contributed by atoms with Crippen LogP contribution in [0.15, 0.2) is 47.6 Å². The zero-order chi connectivity index (χ0) is 29.3. The number of nitrogen functional groups attached to an aromatic ring is 1. The number of aromatic nitrogens is 1. The van der Waals surface area contributed by atoms with Gasteiger partial charge in [0.2, 0.25) is 16.9 Å². The summed E-state index contributed by atoms with van der Waals surface area (Å²) < 4.78 is 23.5. The molecule has 0 saturated heterocycles. The van der Waals surface area contributed by atoms with Crippen LogP contribution in [0.1, 0.15) is 19.3 Å². The fourth-order valence-electron chi connectivity index (χ4n) is 4.13. The first-order valence-corrected chi connectivity index (χ1v) is 13.5. The zero-order valence-corrected chi connectivity index (χ0v) is 23.0. The van der Waals surface area contributed by atoms with Crippen molar-refractivity contribution in [1.29, 1.82) is 0 Å². The van der Waals surface area contributed by atoms with E-state index in [2.05, 4.69) is 26.0 Å². The number of aryl methyl sites for hydroxylation is 1. The Morgan fingerprint density at radius 1 is 0.854 bits per heavy atom. The summed E-state index contributed by atoms with van der Waals surface area (Å²) in [5.41, 5.74) is 17.9. The quantitative estimate of drug-likeness (QED) is 0.0352. The Balaban J connectivity index is 1.31. The van der Waals surface area contributed by atoms with Crippen molar-refractivity contribution in [3.63, 3.8) is 0 Å². The second kappa shape index (κ2) is 17.6. The van der Waals surface area contributed by atoms with E-state index in [4.69, 9.17) is 35.3 Å². The normalized spacial score (nSPS) is 11.0. The lowest BCUT2D eigenvalue weighted by atomic mass is 10.1. The van der Waals surface area contributed by atoms with Gasteiger partial charge in [0.25, 0.3) is 0 Å². The van der Waals surface area contributed by atoms with Crippen molar-refractivity contribution in [3.05, 3.63) is 52.9 Å². The maximum absolute atomic E-state index is 12.4. The summed E-state index contributed by atoms with van der Waals surface area (Å²) in [6, 6.07) is 13.3. The summed E-state index contributed by atoms with van der Waals surface area (Å²) in [6.45, 7) is 3.90. The highest BCUT2D eigenvalue weighted by Crippen LogP contribution is 2.24. The van der Waals surface area contributed by atoms with E-state index >= 15 is 0 Å².